The molecule has 2 aromatic carbocycles. The van der Waals surface area contributed by atoms with Crippen molar-refractivity contribution in [3.63, 3.8) is 0 Å². The molecular weight excluding hydrogens is 446 g/mol. The second kappa shape index (κ2) is 11.6. The van der Waals surface area contributed by atoms with Crippen molar-refractivity contribution in [2.24, 2.45) is 0 Å². The fraction of sp³-hybridized carbons (Fsp3) is 0.435. The van der Waals surface area contributed by atoms with Crippen molar-refractivity contribution < 1.29 is 17.9 Å². The lowest BCUT2D eigenvalue weighted by atomic mass is 9.86. The molecule has 0 spiro atoms. The molecule has 7 nitrogen and oxygen atoms in total. The van der Waals surface area contributed by atoms with Crippen molar-refractivity contribution in [1.29, 1.82) is 0 Å². The lowest BCUT2D eigenvalue weighted by Crippen LogP contribution is -2.38. The van der Waals surface area contributed by atoms with Crippen LogP contribution in [-0.4, -0.2) is 40.1 Å². The highest BCUT2D eigenvalue weighted by Crippen LogP contribution is 2.24. The smallest absolute Gasteiger partial charge is 0.229 e. The summed E-state index contributed by atoms with van der Waals surface area (Å²) in [5.74, 6) is 0. The van der Waals surface area contributed by atoms with Crippen molar-refractivity contribution in [1.82, 2.24) is 10.6 Å². The number of ether oxygens (including phenoxy) is 2. The summed E-state index contributed by atoms with van der Waals surface area (Å²) in [6.45, 7) is 7.92. The zero-order valence-corrected chi connectivity index (χ0v) is 20.9. The minimum Gasteiger partial charge on any atom is -0.382 e. The fourth-order valence-electron chi connectivity index (χ4n) is 2.89. The molecule has 176 valence electrons. The van der Waals surface area contributed by atoms with Crippen molar-refractivity contribution in [2.45, 2.75) is 39.0 Å². The highest BCUT2D eigenvalue weighted by atomic mass is 32.2. The van der Waals surface area contributed by atoms with Crippen molar-refractivity contribution in [3.05, 3.63) is 65.2 Å². The SMILES string of the molecule is COCCOC(NC(=S)NCc1ccc(NS(C)(=O)=O)cc1)c1ccc(C(C)(C)C)cc1. The molecule has 2 rings (SSSR count). The molecular formula is C23H33N3O4S2. The van der Waals surface area contributed by atoms with Gasteiger partial charge in [-0.2, -0.15) is 0 Å². The number of methoxy groups -OCH3 is 1. The summed E-state index contributed by atoms with van der Waals surface area (Å²) in [6, 6.07) is 15.4. The lowest BCUT2D eigenvalue weighted by Gasteiger charge is -2.24. The lowest BCUT2D eigenvalue weighted by molar-refractivity contribution is 0.00854. The van der Waals surface area contributed by atoms with Crippen LogP contribution in [-0.2, 0) is 31.5 Å². The Morgan fingerprint density at radius 2 is 1.66 bits per heavy atom. The normalized spacial score (nSPS) is 12.8. The number of sulfonamides is 1. The molecule has 0 radical (unpaired) electrons. The van der Waals surface area contributed by atoms with Gasteiger partial charge in [-0.15, -0.1) is 0 Å². The standard InChI is InChI=1S/C23H33N3O4S2/c1-23(2,3)19-10-8-18(9-11-19)21(30-15-14-29-4)25-22(31)24-16-17-6-12-20(13-7-17)26-32(5,27)28/h6-13,21,26H,14-16H2,1-5H3,(H2,24,25,31). The Labute approximate surface area is 196 Å². The fourth-order valence-corrected chi connectivity index (χ4v) is 3.63. The first kappa shape index (κ1) is 26.1. The average Bonchev–Trinajstić information content (AvgIpc) is 2.71. The van der Waals surface area contributed by atoms with Crippen LogP contribution in [0.25, 0.3) is 0 Å². The van der Waals surface area contributed by atoms with E-state index in [2.05, 4.69) is 48.3 Å². The third-order valence-electron chi connectivity index (χ3n) is 4.62. The molecule has 1 atom stereocenters. The molecule has 0 bridgehead atoms. The molecule has 2 aromatic rings. The molecule has 0 aliphatic rings. The first-order valence-electron chi connectivity index (χ1n) is 10.3. The first-order chi connectivity index (χ1) is 15.0. The van der Waals surface area contributed by atoms with E-state index in [1.165, 1.54) is 5.56 Å². The third kappa shape index (κ3) is 9.12. The van der Waals surface area contributed by atoms with Crippen LogP contribution in [0.5, 0.6) is 0 Å². The minimum atomic E-state index is -3.30. The van der Waals surface area contributed by atoms with Gasteiger partial charge in [-0.1, -0.05) is 57.2 Å². The van der Waals surface area contributed by atoms with E-state index in [-0.39, 0.29) is 5.41 Å². The molecule has 9 heteroatoms. The Kier molecular flexibility index (Phi) is 9.45. The molecule has 0 aliphatic heterocycles. The first-order valence-corrected chi connectivity index (χ1v) is 12.6. The minimum absolute atomic E-state index is 0.0710. The third-order valence-corrected chi connectivity index (χ3v) is 5.49. The number of benzene rings is 2. The van der Waals surface area contributed by atoms with Gasteiger partial charge in [0.05, 0.1) is 19.5 Å². The van der Waals surface area contributed by atoms with E-state index in [0.717, 1.165) is 17.4 Å². The van der Waals surface area contributed by atoms with Gasteiger partial charge in [-0.25, -0.2) is 8.42 Å². The van der Waals surface area contributed by atoms with Crippen molar-refractivity contribution >= 4 is 33.0 Å². The number of hydrogen-bond acceptors (Lipinski definition) is 5. The van der Waals surface area contributed by atoms with Gasteiger partial charge in [0, 0.05) is 24.9 Å². The van der Waals surface area contributed by atoms with Gasteiger partial charge in [-0.3, -0.25) is 4.72 Å². The summed E-state index contributed by atoms with van der Waals surface area (Å²) < 4.78 is 36.1. The van der Waals surface area contributed by atoms with Gasteiger partial charge in [0.25, 0.3) is 0 Å². The second-order valence-electron chi connectivity index (χ2n) is 8.51. The molecule has 32 heavy (non-hydrogen) atoms. The van der Waals surface area contributed by atoms with E-state index < -0.39 is 16.3 Å². The zero-order chi connectivity index (χ0) is 23.8. The summed E-state index contributed by atoms with van der Waals surface area (Å²) >= 11 is 5.47. The Balaban J connectivity index is 1.98. The van der Waals surface area contributed by atoms with Crippen LogP contribution >= 0.6 is 12.2 Å². The predicted molar refractivity (Wildman–Crippen MR) is 133 cm³/mol. The number of anilines is 1. The average molecular weight is 480 g/mol. The topological polar surface area (TPSA) is 88.7 Å². The Morgan fingerprint density at radius 3 is 2.19 bits per heavy atom. The second-order valence-corrected chi connectivity index (χ2v) is 10.7. The molecule has 0 heterocycles. The molecule has 1 unspecified atom stereocenters. The number of thiocarbonyl (C=S) groups is 1. The monoisotopic (exact) mass is 479 g/mol. The summed E-state index contributed by atoms with van der Waals surface area (Å²) in [7, 11) is -1.66. The van der Waals surface area contributed by atoms with E-state index in [1.807, 2.05) is 24.3 Å². The largest absolute Gasteiger partial charge is 0.382 e. The maximum absolute atomic E-state index is 11.3. The van der Waals surface area contributed by atoms with E-state index in [1.54, 1.807) is 19.2 Å². The number of nitrogens with one attached hydrogen (secondary N) is 3. The van der Waals surface area contributed by atoms with Crippen LogP contribution in [0.3, 0.4) is 0 Å². The van der Waals surface area contributed by atoms with E-state index in [9.17, 15) is 8.42 Å². The van der Waals surface area contributed by atoms with Crippen LogP contribution in [0.15, 0.2) is 48.5 Å². The van der Waals surface area contributed by atoms with Gasteiger partial charge in [0.2, 0.25) is 10.0 Å². The van der Waals surface area contributed by atoms with Crippen LogP contribution < -0.4 is 15.4 Å². The molecule has 0 fully saturated rings. The summed E-state index contributed by atoms with van der Waals surface area (Å²) in [5, 5.41) is 6.83. The van der Waals surface area contributed by atoms with Gasteiger partial charge >= 0.3 is 0 Å². The van der Waals surface area contributed by atoms with Crippen LogP contribution in [0.1, 0.15) is 43.7 Å². The zero-order valence-electron chi connectivity index (χ0n) is 19.3. The van der Waals surface area contributed by atoms with Gasteiger partial charge in [-0.05, 0) is 40.9 Å². The van der Waals surface area contributed by atoms with Gasteiger partial charge in [0.1, 0.15) is 0 Å². The van der Waals surface area contributed by atoms with Crippen LogP contribution in [0, 0.1) is 0 Å². The molecule has 0 saturated heterocycles. The van der Waals surface area contributed by atoms with E-state index in [0.29, 0.717) is 30.6 Å². The van der Waals surface area contributed by atoms with Crippen LogP contribution in [0.2, 0.25) is 0 Å². The van der Waals surface area contributed by atoms with Crippen molar-refractivity contribution in [2.75, 3.05) is 31.3 Å². The molecule has 0 aliphatic carbocycles. The van der Waals surface area contributed by atoms with Gasteiger partial charge in [0.15, 0.2) is 11.3 Å². The Morgan fingerprint density at radius 1 is 1.03 bits per heavy atom. The Bertz CT molecular complexity index is 970. The summed E-state index contributed by atoms with van der Waals surface area (Å²) in [4.78, 5) is 0. The number of hydrogen-bond donors (Lipinski definition) is 3. The van der Waals surface area contributed by atoms with E-state index >= 15 is 0 Å². The van der Waals surface area contributed by atoms with Crippen molar-refractivity contribution in [3.8, 4) is 0 Å². The number of rotatable bonds is 10. The van der Waals surface area contributed by atoms with Gasteiger partial charge < -0.3 is 20.1 Å². The quantitative estimate of drug-likeness (QED) is 0.272. The highest BCUT2D eigenvalue weighted by molar-refractivity contribution is 7.92. The summed E-state index contributed by atoms with van der Waals surface area (Å²) in [6.07, 6.45) is 0.703. The maximum Gasteiger partial charge on any atom is 0.229 e. The molecule has 0 aromatic heterocycles. The predicted octanol–water partition coefficient (Wildman–Crippen LogP) is 3.68. The van der Waals surface area contributed by atoms with E-state index in [4.69, 9.17) is 21.7 Å². The Hall–Kier alpha value is -2.20. The molecule has 0 saturated carbocycles. The molecule has 3 N–H and O–H groups in total. The molecule has 0 amide bonds. The highest BCUT2D eigenvalue weighted by Gasteiger charge is 2.17. The van der Waals surface area contributed by atoms with Crippen LogP contribution in [0.4, 0.5) is 5.69 Å². The summed E-state index contributed by atoms with van der Waals surface area (Å²) in [5.41, 5.74) is 3.75. The maximum atomic E-state index is 11.3.